The van der Waals surface area contributed by atoms with Crippen LogP contribution >= 0.6 is 9.24 Å². The van der Waals surface area contributed by atoms with E-state index in [1.165, 1.54) is 22.0 Å². The highest BCUT2D eigenvalue weighted by atomic mass is 31.0. The summed E-state index contributed by atoms with van der Waals surface area (Å²) in [6.45, 7) is 2.12. The number of rotatable bonds is 2. The third-order valence-corrected chi connectivity index (χ3v) is 2.81. The molecule has 0 bridgehead atoms. The van der Waals surface area contributed by atoms with Gasteiger partial charge in [-0.1, -0.05) is 60.7 Å². The van der Waals surface area contributed by atoms with Crippen LogP contribution in [-0.4, -0.2) is 0 Å². The molecule has 1 unspecified atom stereocenters. The Bertz CT molecular complexity index is 438. The van der Waals surface area contributed by atoms with Gasteiger partial charge in [0.2, 0.25) is 0 Å². The molecular formula is C15H15P. The van der Waals surface area contributed by atoms with Gasteiger partial charge in [0.05, 0.1) is 0 Å². The summed E-state index contributed by atoms with van der Waals surface area (Å²) in [6.07, 6.45) is 0. The summed E-state index contributed by atoms with van der Waals surface area (Å²) >= 11 is 0. The first-order valence-electron chi connectivity index (χ1n) is 5.36. The molecule has 0 saturated carbocycles. The molecular weight excluding hydrogens is 211 g/mol. The largest absolute Gasteiger partial charge is 0.110 e. The van der Waals surface area contributed by atoms with E-state index in [0.717, 1.165) is 0 Å². The molecule has 0 aliphatic rings. The van der Waals surface area contributed by atoms with Gasteiger partial charge < -0.3 is 0 Å². The van der Waals surface area contributed by atoms with E-state index in [1.54, 1.807) is 0 Å². The standard InChI is InChI=1S/C15H15P/c1-12(16)15(13-8-4-2-5-9-13)14-10-6-3-7-11-14/h2-11H,16H2,1H3. The Morgan fingerprint density at radius 2 is 1.12 bits per heavy atom. The molecule has 0 fully saturated rings. The van der Waals surface area contributed by atoms with Gasteiger partial charge >= 0.3 is 0 Å². The molecule has 0 aromatic heterocycles. The first-order chi connectivity index (χ1) is 7.79. The van der Waals surface area contributed by atoms with Crippen molar-refractivity contribution < 1.29 is 0 Å². The Labute approximate surface area is 99.2 Å². The number of allylic oxidation sites excluding steroid dienone is 1. The van der Waals surface area contributed by atoms with Crippen LogP contribution in [0.4, 0.5) is 0 Å². The topological polar surface area (TPSA) is 0 Å². The molecule has 0 saturated heterocycles. The average molecular weight is 226 g/mol. The smallest absolute Gasteiger partial charge is 0.00827 e. The van der Waals surface area contributed by atoms with E-state index >= 15 is 0 Å². The van der Waals surface area contributed by atoms with Gasteiger partial charge in [0.25, 0.3) is 0 Å². The van der Waals surface area contributed by atoms with Gasteiger partial charge in [0.15, 0.2) is 0 Å². The van der Waals surface area contributed by atoms with Crippen molar-refractivity contribution in [1.82, 2.24) is 0 Å². The minimum atomic E-state index is 1.26. The lowest BCUT2D eigenvalue weighted by molar-refractivity contribution is 1.51. The predicted octanol–water partition coefficient (Wildman–Crippen LogP) is 4.34. The zero-order chi connectivity index (χ0) is 11.4. The van der Waals surface area contributed by atoms with Crippen molar-refractivity contribution in [3.8, 4) is 0 Å². The van der Waals surface area contributed by atoms with Crippen LogP contribution in [0.15, 0.2) is 66.0 Å². The van der Waals surface area contributed by atoms with E-state index in [4.69, 9.17) is 0 Å². The van der Waals surface area contributed by atoms with Crippen molar-refractivity contribution >= 4 is 14.8 Å². The normalized spacial score (nSPS) is 9.88. The van der Waals surface area contributed by atoms with Gasteiger partial charge in [-0.3, -0.25) is 0 Å². The quantitative estimate of drug-likeness (QED) is 0.668. The van der Waals surface area contributed by atoms with Gasteiger partial charge in [-0.25, -0.2) is 0 Å². The lowest BCUT2D eigenvalue weighted by Gasteiger charge is -2.10. The third kappa shape index (κ3) is 2.40. The molecule has 2 rings (SSSR count). The molecule has 0 N–H and O–H groups in total. The van der Waals surface area contributed by atoms with Crippen LogP contribution in [0.3, 0.4) is 0 Å². The number of hydrogen-bond acceptors (Lipinski definition) is 0. The monoisotopic (exact) mass is 226 g/mol. The van der Waals surface area contributed by atoms with E-state index in [-0.39, 0.29) is 0 Å². The highest BCUT2D eigenvalue weighted by molar-refractivity contribution is 7.22. The fourth-order valence-corrected chi connectivity index (χ4v) is 2.16. The van der Waals surface area contributed by atoms with E-state index in [1.807, 2.05) is 12.1 Å². The molecule has 1 atom stereocenters. The van der Waals surface area contributed by atoms with Crippen LogP contribution in [0.25, 0.3) is 5.57 Å². The Morgan fingerprint density at radius 3 is 1.44 bits per heavy atom. The van der Waals surface area contributed by atoms with Crippen molar-refractivity contribution in [2.45, 2.75) is 6.92 Å². The lowest BCUT2D eigenvalue weighted by atomic mass is 9.98. The molecule has 1 heteroatoms. The van der Waals surface area contributed by atoms with Crippen LogP contribution in [0, 0.1) is 0 Å². The highest BCUT2D eigenvalue weighted by Gasteiger charge is 2.05. The minimum absolute atomic E-state index is 1.26. The second-order valence-electron chi connectivity index (χ2n) is 3.79. The summed E-state index contributed by atoms with van der Waals surface area (Å²) in [5.41, 5.74) is 3.83. The fourth-order valence-electron chi connectivity index (χ4n) is 1.83. The maximum Gasteiger partial charge on any atom is -0.00827 e. The van der Waals surface area contributed by atoms with Crippen LogP contribution in [0.2, 0.25) is 0 Å². The molecule has 0 aliphatic carbocycles. The summed E-state index contributed by atoms with van der Waals surface area (Å²) in [5.74, 6) is 0. The van der Waals surface area contributed by atoms with Crippen LogP contribution in [0.1, 0.15) is 18.1 Å². The first kappa shape index (κ1) is 11.1. The Morgan fingerprint density at radius 1 is 0.750 bits per heavy atom. The maximum atomic E-state index is 2.80. The zero-order valence-electron chi connectivity index (χ0n) is 9.35. The molecule has 0 amide bonds. The van der Waals surface area contributed by atoms with Crippen LogP contribution in [-0.2, 0) is 0 Å². The molecule has 16 heavy (non-hydrogen) atoms. The summed E-state index contributed by atoms with van der Waals surface area (Å²) < 4.78 is 0. The Hall–Kier alpha value is -1.39. The highest BCUT2D eigenvalue weighted by Crippen LogP contribution is 2.29. The van der Waals surface area contributed by atoms with E-state index < -0.39 is 0 Å². The second kappa shape index (κ2) is 5.09. The SMILES string of the molecule is CC(P)=C(c1ccccc1)c1ccccc1. The summed E-state index contributed by atoms with van der Waals surface area (Å²) in [4.78, 5) is 0. The predicted molar refractivity (Wildman–Crippen MR) is 74.3 cm³/mol. The summed E-state index contributed by atoms with van der Waals surface area (Å²) in [6, 6.07) is 21.0. The molecule has 80 valence electrons. The maximum absolute atomic E-state index is 2.80. The minimum Gasteiger partial charge on any atom is -0.110 e. The van der Waals surface area contributed by atoms with Gasteiger partial charge in [0.1, 0.15) is 0 Å². The first-order valence-corrected chi connectivity index (χ1v) is 5.94. The summed E-state index contributed by atoms with van der Waals surface area (Å²) in [5, 5.41) is 1.26. The molecule has 0 radical (unpaired) electrons. The van der Waals surface area contributed by atoms with Gasteiger partial charge in [-0.15, -0.1) is 9.24 Å². The van der Waals surface area contributed by atoms with Crippen molar-refractivity contribution in [2.75, 3.05) is 0 Å². The van der Waals surface area contributed by atoms with Crippen molar-refractivity contribution in [1.29, 1.82) is 0 Å². The van der Waals surface area contributed by atoms with Crippen molar-refractivity contribution in [2.24, 2.45) is 0 Å². The van der Waals surface area contributed by atoms with Crippen LogP contribution in [0.5, 0.6) is 0 Å². The van der Waals surface area contributed by atoms with E-state index in [2.05, 4.69) is 64.7 Å². The van der Waals surface area contributed by atoms with Crippen molar-refractivity contribution in [3.63, 3.8) is 0 Å². The summed E-state index contributed by atoms with van der Waals surface area (Å²) in [7, 11) is 2.80. The van der Waals surface area contributed by atoms with E-state index in [0.29, 0.717) is 0 Å². The van der Waals surface area contributed by atoms with E-state index in [9.17, 15) is 0 Å². The molecule has 2 aromatic carbocycles. The van der Waals surface area contributed by atoms with Gasteiger partial charge in [0, 0.05) is 0 Å². The molecule has 0 heterocycles. The number of benzene rings is 2. The fraction of sp³-hybridized carbons (Fsp3) is 0.0667. The van der Waals surface area contributed by atoms with Crippen LogP contribution < -0.4 is 0 Å². The second-order valence-corrected chi connectivity index (χ2v) is 4.66. The third-order valence-electron chi connectivity index (χ3n) is 2.52. The van der Waals surface area contributed by atoms with Gasteiger partial charge in [-0.05, 0) is 28.9 Å². The molecule has 2 aromatic rings. The Balaban J connectivity index is 2.54. The van der Waals surface area contributed by atoms with Crippen molar-refractivity contribution in [3.05, 3.63) is 77.1 Å². The number of hydrogen-bond donors (Lipinski definition) is 0. The average Bonchev–Trinajstić information content (AvgIpc) is 2.31. The lowest BCUT2D eigenvalue weighted by Crippen LogP contribution is -1.88. The Kier molecular flexibility index (Phi) is 3.54. The van der Waals surface area contributed by atoms with Gasteiger partial charge in [-0.2, -0.15) is 0 Å². The zero-order valence-corrected chi connectivity index (χ0v) is 10.5. The molecule has 0 nitrogen and oxygen atoms in total. The molecule has 0 aliphatic heterocycles. The molecule has 0 spiro atoms.